The van der Waals surface area contributed by atoms with Gasteiger partial charge in [-0.15, -0.1) is 0 Å². The van der Waals surface area contributed by atoms with E-state index in [0.29, 0.717) is 18.6 Å². The van der Waals surface area contributed by atoms with Gasteiger partial charge in [-0.25, -0.2) is 0 Å². The van der Waals surface area contributed by atoms with Crippen molar-refractivity contribution < 1.29 is 9.59 Å². The number of nitrogens with zero attached hydrogens (tertiary/aromatic N) is 2. The molecule has 0 spiro atoms. The van der Waals surface area contributed by atoms with Gasteiger partial charge in [0, 0.05) is 32.7 Å². The average molecular weight is 267 g/mol. The molecule has 2 amide bonds. The molecule has 0 aromatic heterocycles. The SMILES string of the molecule is CCCN(CC(=O)N(C)C)C(=O)C1CC2CCC1N2. The topological polar surface area (TPSA) is 52.7 Å². The molecule has 2 saturated heterocycles. The highest BCUT2D eigenvalue weighted by Gasteiger charge is 2.44. The molecule has 0 aromatic rings. The second kappa shape index (κ2) is 5.90. The molecule has 5 heteroatoms. The van der Waals surface area contributed by atoms with Gasteiger partial charge >= 0.3 is 0 Å². The van der Waals surface area contributed by atoms with Crippen LogP contribution >= 0.6 is 0 Å². The molecule has 2 fully saturated rings. The Morgan fingerprint density at radius 2 is 2.00 bits per heavy atom. The predicted octanol–water partition coefficient (Wildman–Crippen LogP) is 0.454. The van der Waals surface area contributed by atoms with Crippen LogP contribution in [0.3, 0.4) is 0 Å². The first kappa shape index (κ1) is 14.3. The van der Waals surface area contributed by atoms with E-state index in [1.165, 1.54) is 6.42 Å². The van der Waals surface area contributed by atoms with Crippen molar-refractivity contribution in [3.8, 4) is 0 Å². The molecular weight excluding hydrogens is 242 g/mol. The van der Waals surface area contributed by atoms with Crippen molar-refractivity contribution in [2.24, 2.45) is 5.92 Å². The van der Waals surface area contributed by atoms with Crippen molar-refractivity contribution in [3.05, 3.63) is 0 Å². The molecule has 2 aliphatic rings. The fraction of sp³-hybridized carbons (Fsp3) is 0.857. The summed E-state index contributed by atoms with van der Waals surface area (Å²) in [4.78, 5) is 27.7. The van der Waals surface area contributed by atoms with Gasteiger partial charge in [0.05, 0.1) is 12.5 Å². The maximum Gasteiger partial charge on any atom is 0.241 e. The Kier molecular flexibility index (Phi) is 4.45. The van der Waals surface area contributed by atoms with Crippen molar-refractivity contribution in [2.75, 3.05) is 27.2 Å². The van der Waals surface area contributed by atoms with Crippen LogP contribution in [0, 0.1) is 5.92 Å². The van der Waals surface area contributed by atoms with Gasteiger partial charge in [0.15, 0.2) is 0 Å². The van der Waals surface area contributed by atoms with Crippen molar-refractivity contribution >= 4 is 11.8 Å². The molecule has 0 radical (unpaired) electrons. The standard InChI is InChI=1S/C14H25N3O2/c1-4-7-17(9-13(18)16(2)3)14(19)11-8-10-5-6-12(11)15-10/h10-12,15H,4-9H2,1-3H3. The number of hydrogen-bond acceptors (Lipinski definition) is 3. The molecule has 2 rings (SSSR count). The van der Waals surface area contributed by atoms with Crippen LogP contribution < -0.4 is 5.32 Å². The monoisotopic (exact) mass is 267 g/mol. The third kappa shape index (κ3) is 3.08. The Hall–Kier alpha value is -1.10. The Morgan fingerprint density at radius 3 is 2.47 bits per heavy atom. The summed E-state index contributed by atoms with van der Waals surface area (Å²) in [5, 5.41) is 3.49. The molecule has 3 unspecified atom stereocenters. The van der Waals surface area contributed by atoms with Gasteiger partial charge in [-0.2, -0.15) is 0 Å². The smallest absolute Gasteiger partial charge is 0.241 e. The largest absolute Gasteiger partial charge is 0.347 e. The summed E-state index contributed by atoms with van der Waals surface area (Å²) in [7, 11) is 3.46. The summed E-state index contributed by atoms with van der Waals surface area (Å²) in [6.07, 6.45) is 4.13. The van der Waals surface area contributed by atoms with Crippen LogP contribution in [-0.2, 0) is 9.59 Å². The van der Waals surface area contributed by atoms with Crippen LogP contribution in [0.25, 0.3) is 0 Å². The summed E-state index contributed by atoms with van der Waals surface area (Å²) in [6.45, 7) is 2.93. The fourth-order valence-electron chi connectivity index (χ4n) is 3.17. The minimum Gasteiger partial charge on any atom is -0.347 e. The summed E-state index contributed by atoms with van der Waals surface area (Å²) in [5.41, 5.74) is 0. The zero-order chi connectivity index (χ0) is 14.0. The van der Waals surface area contributed by atoms with Crippen molar-refractivity contribution in [2.45, 2.75) is 44.7 Å². The van der Waals surface area contributed by atoms with E-state index in [0.717, 1.165) is 19.3 Å². The minimum absolute atomic E-state index is 0.00193. The average Bonchev–Trinajstić information content (AvgIpc) is 2.99. The van der Waals surface area contributed by atoms with Gasteiger partial charge in [0.1, 0.15) is 0 Å². The summed E-state index contributed by atoms with van der Waals surface area (Å²) >= 11 is 0. The van der Waals surface area contributed by atoms with E-state index in [-0.39, 0.29) is 24.3 Å². The molecule has 2 bridgehead atoms. The molecule has 19 heavy (non-hydrogen) atoms. The first-order chi connectivity index (χ1) is 9.02. The number of amides is 2. The van der Waals surface area contributed by atoms with E-state index in [4.69, 9.17) is 0 Å². The van der Waals surface area contributed by atoms with Crippen LogP contribution in [0.5, 0.6) is 0 Å². The van der Waals surface area contributed by atoms with E-state index in [1.54, 1.807) is 23.9 Å². The lowest BCUT2D eigenvalue weighted by Crippen LogP contribution is -2.45. The first-order valence-electron chi connectivity index (χ1n) is 7.28. The highest BCUT2D eigenvalue weighted by molar-refractivity contribution is 5.86. The van der Waals surface area contributed by atoms with Crippen LogP contribution in [0.15, 0.2) is 0 Å². The van der Waals surface area contributed by atoms with E-state index >= 15 is 0 Å². The molecule has 0 aliphatic carbocycles. The quantitative estimate of drug-likeness (QED) is 0.787. The van der Waals surface area contributed by atoms with Crippen molar-refractivity contribution in [1.82, 2.24) is 15.1 Å². The fourth-order valence-corrected chi connectivity index (χ4v) is 3.17. The van der Waals surface area contributed by atoms with Gasteiger partial charge < -0.3 is 15.1 Å². The Bertz CT molecular complexity index is 357. The maximum absolute atomic E-state index is 12.6. The van der Waals surface area contributed by atoms with E-state index in [1.807, 2.05) is 6.92 Å². The molecule has 108 valence electrons. The molecule has 2 heterocycles. The zero-order valence-corrected chi connectivity index (χ0v) is 12.2. The summed E-state index contributed by atoms with van der Waals surface area (Å²) < 4.78 is 0. The van der Waals surface area contributed by atoms with E-state index in [2.05, 4.69) is 5.32 Å². The maximum atomic E-state index is 12.6. The van der Waals surface area contributed by atoms with Crippen LogP contribution in [0.1, 0.15) is 32.6 Å². The van der Waals surface area contributed by atoms with Crippen LogP contribution in [0.2, 0.25) is 0 Å². The van der Waals surface area contributed by atoms with E-state index in [9.17, 15) is 9.59 Å². The number of likely N-dealkylation sites (N-methyl/N-ethyl adjacent to an activating group) is 1. The summed E-state index contributed by atoms with van der Waals surface area (Å²) in [5.74, 6) is 0.245. The zero-order valence-electron chi connectivity index (χ0n) is 12.2. The Balaban J connectivity index is 1.98. The minimum atomic E-state index is -0.00193. The number of carbonyl (C=O) groups is 2. The lowest BCUT2D eigenvalue weighted by molar-refractivity contribution is -0.142. The molecule has 3 atom stereocenters. The van der Waals surface area contributed by atoms with Gasteiger partial charge in [-0.05, 0) is 25.7 Å². The normalized spacial score (nSPS) is 28.5. The number of nitrogens with one attached hydrogen (secondary N) is 1. The molecule has 2 aliphatic heterocycles. The number of fused-ring (bicyclic) bond motifs is 2. The second-order valence-corrected chi connectivity index (χ2v) is 5.94. The second-order valence-electron chi connectivity index (χ2n) is 5.94. The predicted molar refractivity (Wildman–Crippen MR) is 73.6 cm³/mol. The highest BCUT2D eigenvalue weighted by atomic mass is 16.2. The Labute approximate surface area is 115 Å². The van der Waals surface area contributed by atoms with Crippen LogP contribution in [-0.4, -0.2) is 60.9 Å². The van der Waals surface area contributed by atoms with Gasteiger partial charge in [-0.3, -0.25) is 9.59 Å². The van der Waals surface area contributed by atoms with Crippen molar-refractivity contribution in [1.29, 1.82) is 0 Å². The number of rotatable bonds is 5. The lowest BCUT2D eigenvalue weighted by atomic mass is 9.88. The van der Waals surface area contributed by atoms with Gasteiger partial charge in [0.2, 0.25) is 11.8 Å². The molecular formula is C14H25N3O2. The summed E-state index contributed by atoms with van der Waals surface area (Å²) in [6, 6.07) is 0.860. The van der Waals surface area contributed by atoms with Gasteiger partial charge in [-0.1, -0.05) is 6.92 Å². The third-order valence-corrected chi connectivity index (χ3v) is 4.25. The number of carbonyl (C=O) groups excluding carboxylic acids is 2. The Morgan fingerprint density at radius 1 is 1.26 bits per heavy atom. The molecule has 5 nitrogen and oxygen atoms in total. The van der Waals surface area contributed by atoms with Crippen LogP contribution in [0.4, 0.5) is 0 Å². The van der Waals surface area contributed by atoms with Gasteiger partial charge in [0.25, 0.3) is 0 Å². The molecule has 1 N–H and O–H groups in total. The highest BCUT2D eigenvalue weighted by Crippen LogP contribution is 2.34. The van der Waals surface area contributed by atoms with E-state index < -0.39 is 0 Å². The molecule has 0 aromatic carbocycles. The first-order valence-corrected chi connectivity index (χ1v) is 7.28. The van der Waals surface area contributed by atoms with Crippen molar-refractivity contribution in [3.63, 3.8) is 0 Å². The molecule has 0 saturated carbocycles. The number of hydrogen-bond donors (Lipinski definition) is 1. The lowest BCUT2D eigenvalue weighted by Gasteiger charge is -2.29. The third-order valence-electron chi connectivity index (χ3n) is 4.25.